The molecule has 2 heterocycles. The Bertz CT molecular complexity index is 1250. The third-order valence-electron chi connectivity index (χ3n) is 7.08. The minimum Gasteiger partial charge on any atom is -0.493 e. The van der Waals surface area contributed by atoms with E-state index in [1.165, 1.54) is 11.1 Å². The van der Waals surface area contributed by atoms with Crippen LogP contribution in [0.4, 0.5) is 5.69 Å². The number of rotatable bonds is 6. The molecule has 0 aliphatic carbocycles. The minimum absolute atomic E-state index is 0.00351. The topological polar surface area (TPSA) is 77.1 Å². The van der Waals surface area contributed by atoms with Crippen LogP contribution in [0.1, 0.15) is 40.2 Å². The minimum atomic E-state index is -0.213. The number of methoxy groups -OCH3 is 2. The third-order valence-corrected chi connectivity index (χ3v) is 7.08. The van der Waals surface area contributed by atoms with E-state index in [2.05, 4.69) is 41.7 Å². The summed E-state index contributed by atoms with van der Waals surface area (Å²) in [6.45, 7) is 1.33. The molecule has 3 aromatic carbocycles. The number of piperidine rings is 1. The van der Waals surface area contributed by atoms with Crippen LogP contribution in [0.3, 0.4) is 0 Å². The van der Waals surface area contributed by atoms with Crippen molar-refractivity contribution in [3.63, 3.8) is 0 Å². The number of hydrogen-bond donors (Lipinski definition) is 1. The van der Waals surface area contributed by atoms with Gasteiger partial charge in [-0.3, -0.25) is 9.59 Å². The molecule has 1 N–H and O–H groups in total. The number of anilines is 1. The number of fused-ring (bicyclic) bond motifs is 1. The van der Waals surface area contributed by atoms with Gasteiger partial charge in [-0.25, -0.2) is 0 Å². The van der Waals surface area contributed by atoms with E-state index < -0.39 is 0 Å². The van der Waals surface area contributed by atoms with Gasteiger partial charge in [-0.05, 0) is 60.2 Å². The lowest BCUT2D eigenvalue weighted by Gasteiger charge is -2.37. The zero-order chi connectivity index (χ0) is 25.1. The fraction of sp³-hybridized carbons (Fsp3) is 0.310. The van der Waals surface area contributed by atoms with Gasteiger partial charge in [0, 0.05) is 24.6 Å². The lowest BCUT2D eigenvalue weighted by atomic mass is 9.76. The Morgan fingerprint density at radius 1 is 0.944 bits per heavy atom. The molecule has 3 aromatic rings. The van der Waals surface area contributed by atoms with Crippen molar-refractivity contribution in [2.75, 3.05) is 39.2 Å². The van der Waals surface area contributed by atoms with E-state index >= 15 is 0 Å². The second-order valence-corrected chi connectivity index (χ2v) is 9.18. The average molecular weight is 487 g/mol. The molecule has 1 atom stereocenters. The Hall–Kier alpha value is -4.00. The predicted octanol–water partition coefficient (Wildman–Crippen LogP) is 4.72. The van der Waals surface area contributed by atoms with Crippen LogP contribution in [-0.2, 0) is 4.79 Å². The second kappa shape index (κ2) is 10.3. The van der Waals surface area contributed by atoms with Crippen LogP contribution in [0, 0.1) is 5.92 Å². The molecule has 7 heteroatoms. The Balaban J connectivity index is 1.35. The molecule has 7 nitrogen and oxygen atoms in total. The third kappa shape index (κ3) is 4.73. The predicted molar refractivity (Wildman–Crippen MR) is 137 cm³/mol. The smallest absolute Gasteiger partial charge is 0.262 e. The van der Waals surface area contributed by atoms with Gasteiger partial charge in [0.1, 0.15) is 5.75 Å². The Kier molecular flexibility index (Phi) is 6.80. The van der Waals surface area contributed by atoms with Crippen molar-refractivity contribution >= 4 is 17.5 Å². The molecule has 0 saturated carbocycles. The summed E-state index contributed by atoms with van der Waals surface area (Å²) in [7, 11) is 3.30. The summed E-state index contributed by atoms with van der Waals surface area (Å²) >= 11 is 0. The number of carbonyl (C=O) groups excluding carboxylic acids is 2. The van der Waals surface area contributed by atoms with Gasteiger partial charge >= 0.3 is 0 Å². The van der Waals surface area contributed by atoms with Crippen LogP contribution < -0.4 is 19.5 Å². The number of hydrogen-bond acceptors (Lipinski definition) is 5. The van der Waals surface area contributed by atoms with Crippen LogP contribution in [0.25, 0.3) is 0 Å². The SMILES string of the molecule is COc1ccc([C@@H](c2ccccc2)C2CCN(C(=O)c3ccc4c(c3)NC(=O)CO4)CC2)cc1OC. The maximum absolute atomic E-state index is 13.3. The summed E-state index contributed by atoms with van der Waals surface area (Å²) in [5, 5.41) is 2.78. The number of carbonyl (C=O) groups is 2. The summed E-state index contributed by atoms with van der Waals surface area (Å²) in [4.78, 5) is 26.9. The zero-order valence-electron chi connectivity index (χ0n) is 20.5. The van der Waals surface area contributed by atoms with Crippen LogP contribution >= 0.6 is 0 Å². The molecule has 186 valence electrons. The molecular weight excluding hydrogens is 456 g/mol. The van der Waals surface area contributed by atoms with E-state index in [-0.39, 0.29) is 24.3 Å². The molecular formula is C29H30N2O5. The monoisotopic (exact) mass is 486 g/mol. The summed E-state index contributed by atoms with van der Waals surface area (Å²) in [5.41, 5.74) is 3.52. The van der Waals surface area contributed by atoms with Crippen LogP contribution in [0.2, 0.25) is 0 Å². The number of nitrogens with zero attached hydrogens (tertiary/aromatic N) is 1. The molecule has 0 spiro atoms. The van der Waals surface area contributed by atoms with E-state index in [1.807, 2.05) is 17.0 Å². The highest BCUT2D eigenvalue weighted by Crippen LogP contribution is 2.41. The fourth-order valence-corrected chi connectivity index (χ4v) is 5.28. The molecule has 36 heavy (non-hydrogen) atoms. The molecule has 0 radical (unpaired) electrons. The highest BCUT2D eigenvalue weighted by Gasteiger charge is 2.31. The van der Waals surface area contributed by atoms with Crippen molar-refractivity contribution in [3.05, 3.63) is 83.4 Å². The first kappa shape index (κ1) is 23.7. The Labute approximate surface area is 211 Å². The van der Waals surface area contributed by atoms with Crippen LogP contribution in [0.15, 0.2) is 66.7 Å². The van der Waals surface area contributed by atoms with Crippen LogP contribution in [-0.4, -0.2) is 50.6 Å². The standard InChI is InChI=1S/C29H30N2O5/c1-34-25-11-8-21(17-26(25)35-2)28(19-6-4-3-5-7-19)20-12-14-31(15-13-20)29(33)22-9-10-24-23(16-22)30-27(32)18-36-24/h3-11,16-17,20,28H,12-15,18H2,1-2H3,(H,30,32)/t28-/m0/s1. The van der Waals surface area contributed by atoms with Crippen molar-refractivity contribution in [1.82, 2.24) is 4.90 Å². The first-order chi connectivity index (χ1) is 17.6. The Morgan fingerprint density at radius 3 is 2.42 bits per heavy atom. The number of benzene rings is 3. The van der Waals surface area contributed by atoms with Gasteiger partial charge in [-0.15, -0.1) is 0 Å². The Morgan fingerprint density at radius 2 is 1.69 bits per heavy atom. The highest BCUT2D eigenvalue weighted by molar-refractivity contribution is 5.99. The summed E-state index contributed by atoms with van der Waals surface area (Å²) < 4.78 is 16.4. The van der Waals surface area contributed by atoms with E-state index in [0.29, 0.717) is 47.5 Å². The largest absolute Gasteiger partial charge is 0.493 e. The average Bonchev–Trinajstić information content (AvgIpc) is 2.93. The number of ether oxygens (including phenoxy) is 3. The van der Waals surface area contributed by atoms with Gasteiger partial charge in [-0.1, -0.05) is 36.4 Å². The summed E-state index contributed by atoms with van der Waals surface area (Å²) in [5.74, 6) is 2.32. The lowest BCUT2D eigenvalue weighted by molar-refractivity contribution is -0.118. The van der Waals surface area contributed by atoms with E-state index in [1.54, 1.807) is 32.4 Å². The summed E-state index contributed by atoms with van der Waals surface area (Å²) in [6.07, 6.45) is 1.76. The molecule has 2 aliphatic rings. The number of amides is 2. The van der Waals surface area contributed by atoms with Gasteiger partial charge in [-0.2, -0.15) is 0 Å². The van der Waals surface area contributed by atoms with Crippen molar-refractivity contribution in [1.29, 1.82) is 0 Å². The van der Waals surface area contributed by atoms with Crippen molar-refractivity contribution in [2.24, 2.45) is 5.92 Å². The normalized spacial score (nSPS) is 16.4. The van der Waals surface area contributed by atoms with Crippen LogP contribution in [0.5, 0.6) is 17.2 Å². The van der Waals surface area contributed by atoms with Crippen molar-refractivity contribution in [3.8, 4) is 17.2 Å². The molecule has 0 bridgehead atoms. The molecule has 5 rings (SSSR count). The molecule has 2 amide bonds. The molecule has 2 aliphatic heterocycles. The number of likely N-dealkylation sites (tertiary alicyclic amines) is 1. The first-order valence-corrected chi connectivity index (χ1v) is 12.2. The quantitative estimate of drug-likeness (QED) is 0.546. The molecule has 0 unspecified atom stereocenters. The van der Waals surface area contributed by atoms with E-state index in [9.17, 15) is 9.59 Å². The summed E-state index contributed by atoms with van der Waals surface area (Å²) in [6, 6.07) is 21.9. The maximum atomic E-state index is 13.3. The van der Waals surface area contributed by atoms with E-state index in [4.69, 9.17) is 14.2 Å². The van der Waals surface area contributed by atoms with Gasteiger partial charge in [0.25, 0.3) is 11.8 Å². The lowest BCUT2D eigenvalue weighted by Crippen LogP contribution is -2.40. The van der Waals surface area contributed by atoms with Gasteiger partial charge in [0.15, 0.2) is 18.1 Å². The molecule has 1 saturated heterocycles. The van der Waals surface area contributed by atoms with Gasteiger partial charge in [0.2, 0.25) is 0 Å². The maximum Gasteiger partial charge on any atom is 0.262 e. The van der Waals surface area contributed by atoms with Crippen molar-refractivity contribution in [2.45, 2.75) is 18.8 Å². The van der Waals surface area contributed by atoms with Gasteiger partial charge in [0.05, 0.1) is 19.9 Å². The highest BCUT2D eigenvalue weighted by atomic mass is 16.5. The fourth-order valence-electron chi connectivity index (χ4n) is 5.28. The second-order valence-electron chi connectivity index (χ2n) is 9.18. The van der Waals surface area contributed by atoms with Crippen molar-refractivity contribution < 1.29 is 23.8 Å². The zero-order valence-corrected chi connectivity index (χ0v) is 20.5. The molecule has 1 fully saturated rings. The van der Waals surface area contributed by atoms with E-state index in [0.717, 1.165) is 12.8 Å². The first-order valence-electron chi connectivity index (χ1n) is 12.2. The molecule has 0 aromatic heterocycles. The van der Waals surface area contributed by atoms with Gasteiger partial charge < -0.3 is 24.4 Å². The number of nitrogens with one attached hydrogen (secondary N) is 1.